The Kier molecular flexibility index (Phi) is 7.53. The van der Waals surface area contributed by atoms with E-state index in [4.69, 9.17) is 26.7 Å². The molecule has 2 aliphatic rings. The summed E-state index contributed by atoms with van der Waals surface area (Å²) in [5.74, 6) is -0.373. The van der Waals surface area contributed by atoms with Crippen LogP contribution >= 0.6 is 11.8 Å². The lowest BCUT2D eigenvalue weighted by atomic mass is 10.1. The molecule has 2 unspecified atom stereocenters. The molecular weight excluding hydrogens is 576 g/mol. The zero-order valence-electron chi connectivity index (χ0n) is 21.7. The van der Waals surface area contributed by atoms with Crippen LogP contribution in [0.3, 0.4) is 0 Å². The van der Waals surface area contributed by atoms with E-state index in [9.17, 15) is 25.2 Å². The largest absolute Gasteiger partial charge is 0.387 e. The van der Waals surface area contributed by atoms with Crippen LogP contribution in [0.4, 0.5) is 11.6 Å². The summed E-state index contributed by atoms with van der Waals surface area (Å²) in [6.45, 7) is -0.158. The summed E-state index contributed by atoms with van der Waals surface area (Å²) in [4.78, 5) is 37.5. The molecule has 20 heteroatoms. The number of anilines is 2. The Morgan fingerprint density at radius 3 is 2.24 bits per heavy atom. The van der Waals surface area contributed by atoms with Gasteiger partial charge in [0.05, 0.1) is 12.1 Å². The highest BCUT2D eigenvalue weighted by Crippen LogP contribution is 2.36. The van der Waals surface area contributed by atoms with E-state index in [0.29, 0.717) is 11.2 Å². The summed E-state index contributed by atoms with van der Waals surface area (Å²) in [7, 11) is 0. The lowest BCUT2D eigenvalue weighted by Gasteiger charge is -2.19. The molecule has 0 saturated carbocycles. The molecule has 0 bridgehead atoms. The van der Waals surface area contributed by atoms with Gasteiger partial charge in [0, 0.05) is 13.1 Å². The average molecular weight is 605 g/mol. The number of aromatic nitrogens is 8. The first kappa shape index (κ1) is 28.4. The minimum Gasteiger partial charge on any atom is -0.387 e. The number of hydrogen-bond donors (Lipinski definition) is 8. The highest BCUT2D eigenvalue weighted by Gasteiger charge is 2.46. The first-order valence-corrected chi connectivity index (χ1v) is 13.7. The fraction of sp³-hybridized carbons (Fsp3) is 0.500. The van der Waals surface area contributed by atoms with E-state index in [2.05, 4.69) is 35.2 Å². The maximum Gasteiger partial charge on any atom is 0.230 e. The molecule has 6 heterocycles. The standard InChI is InChI=1S/C22H28N12O7S/c23-1-7-12(36)15(39)21(40-7)34-19-11(17(25)28-5-30-19)32-22(34)42-3-9(35)26-2-8-13(37)14(38)20(41-8)33-6-31-10-16(24)27-4-29-18(10)33/h4-8,12-15,20-21,36-39H,1-3,23H2,(H,26,35)(H2,24,27,29)(H2,25,28,30)/t7-,8-,12+,13?,14+,15?,20-,21-/m1/s1. The number of nitrogens with one attached hydrogen (secondary N) is 1. The number of imidazole rings is 2. The highest BCUT2D eigenvalue weighted by molar-refractivity contribution is 7.99. The Balaban J connectivity index is 1.13. The van der Waals surface area contributed by atoms with Crippen molar-refractivity contribution in [2.24, 2.45) is 5.73 Å². The van der Waals surface area contributed by atoms with Gasteiger partial charge in [-0.05, 0) is 0 Å². The Morgan fingerprint density at radius 2 is 1.52 bits per heavy atom. The Bertz CT molecular complexity index is 1620. The zero-order chi connectivity index (χ0) is 29.7. The van der Waals surface area contributed by atoms with Crippen LogP contribution in [0.2, 0.25) is 0 Å². The second-order valence-corrected chi connectivity index (χ2v) is 10.6. The molecule has 4 aromatic heterocycles. The van der Waals surface area contributed by atoms with Gasteiger partial charge in [-0.3, -0.25) is 13.9 Å². The van der Waals surface area contributed by atoms with Gasteiger partial charge in [-0.15, -0.1) is 0 Å². The van der Waals surface area contributed by atoms with E-state index in [0.717, 1.165) is 11.8 Å². The number of amides is 1. The summed E-state index contributed by atoms with van der Waals surface area (Å²) in [5.41, 5.74) is 18.6. The number of carbonyl (C=O) groups excluding carboxylic acids is 1. The molecule has 0 aromatic carbocycles. The van der Waals surface area contributed by atoms with E-state index in [1.54, 1.807) is 0 Å². The molecule has 0 radical (unpaired) electrons. The van der Waals surface area contributed by atoms with Gasteiger partial charge in [-0.25, -0.2) is 29.9 Å². The van der Waals surface area contributed by atoms with Gasteiger partial charge in [0.2, 0.25) is 5.91 Å². The first-order chi connectivity index (χ1) is 20.2. The fourth-order valence-electron chi connectivity index (χ4n) is 4.95. The molecule has 0 aliphatic carbocycles. The van der Waals surface area contributed by atoms with Crippen molar-refractivity contribution in [2.45, 2.75) is 54.2 Å². The Labute approximate surface area is 240 Å². The van der Waals surface area contributed by atoms with E-state index in [1.807, 2.05) is 0 Å². The van der Waals surface area contributed by atoms with Crippen LogP contribution < -0.4 is 22.5 Å². The molecule has 2 aliphatic heterocycles. The Hall–Kier alpha value is -3.76. The second-order valence-electron chi connectivity index (χ2n) is 9.70. The summed E-state index contributed by atoms with van der Waals surface area (Å²) in [6.07, 6.45) is -5.34. The van der Waals surface area contributed by atoms with Crippen molar-refractivity contribution in [1.29, 1.82) is 0 Å². The van der Waals surface area contributed by atoms with Gasteiger partial charge >= 0.3 is 0 Å². The molecule has 224 valence electrons. The number of nitrogens with two attached hydrogens (primary N) is 3. The van der Waals surface area contributed by atoms with Crippen molar-refractivity contribution < 1.29 is 34.7 Å². The third kappa shape index (κ3) is 4.76. The van der Waals surface area contributed by atoms with Gasteiger partial charge in [-0.2, -0.15) is 0 Å². The number of nitrogens with zero attached hydrogens (tertiary/aromatic N) is 8. The zero-order valence-corrected chi connectivity index (χ0v) is 22.5. The third-order valence-electron chi connectivity index (χ3n) is 7.13. The van der Waals surface area contributed by atoms with Crippen LogP contribution in [0.25, 0.3) is 22.3 Å². The monoisotopic (exact) mass is 604 g/mol. The fourth-order valence-corrected chi connectivity index (χ4v) is 5.80. The summed E-state index contributed by atoms with van der Waals surface area (Å²) in [6, 6.07) is 0. The highest BCUT2D eigenvalue weighted by atomic mass is 32.2. The number of rotatable bonds is 8. The van der Waals surface area contributed by atoms with Crippen LogP contribution in [0.5, 0.6) is 0 Å². The number of nitrogen functional groups attached to an aromatic ring is 2. The average Bonchev–Trinajstić information content (AvgIpc) is 3.72. The smallest absolute Gasteiger partial charge is 0.230 e. The molecule has 4 aromatic rings. The van der Waals surface area contributed by atoms with Crippen molar-refractivity contribution in [1.82, 2.24) is 44.4 Å². The minimum absolute atomic E-state index is 0.0349. The maximum atomic E-state index is 12.8. The van der Waals surface area contributed by atoms with Crippen LogP contribution in [0, 0.1) is 0 Å². The third-order valence-corrected chi connectivity index (χ3v) is 8.08. The quantitative estimate of drug-likeness (QED) is 0.0895. The molecule has 19 nitrogen and oxygen atoms in total. The molecule has 6 rings (SSSR count). The van der Waals surface area contributed by atoms with E-state index in [-0.39, 0.29) is 46.8 Å². The van der Waals surface area contributed by atoms with Crippen LogP contribution in [0.15, 0.2) is 24.1 Å². The number of aliphatic hydroxyl groups is 4. The predicted octanol–water partition coefficient (Wildman–Crippen LogP) is -3.76. The number of carbonyl (C=O) groups is 1. The van der Waals surface area contributed by atoms with Crippen molar-refractivity contribution in [3.63, 3.8) is 0 Å². The molecule has 1 amide bonds. The maximum absolute atomic E-state index is 12.8. The normalized spacial score (nSPS) is 29.5. The SMILES string of the molecule is NC[C@H]1O[C@@H](n2c(SCC(=O)NC[C@H]3O[C@@H](n4cnc5c(N)ncnc54)[C@@H](O)C3O)nc3c(N)ncnc32)C(O)[C@H]1O. The lowest BCUT2D eigenvalue weighted by Crippen LogP contribution is -2.40. The second kappa shape index (κ2) is 11.1. The number of ether oxygens (including phenoxy) is 2. The Morgan fingerprint density at radius 1 is 0.881 bits per heavy atom. The summed E-state index contributed by atoms with van der Waals surface area (Å²) >= 11 is 0.995. The summed E-state index contributed by atoms with van der Waals surface area (Å²) < 4.78 is 14.5. The lowest BCUT2D eigenvalue weighted by molar-refractivity contribution is -0.119. The molecule has 0 spiro atoms. The summed E-state index contributed by atoms with van der Waals surface area (Å²) in [5, 5.41) is 45.1. The van der Waals surface area contributed by atoms with Gasteiger partial charge in [-0.1, -0.05) is 11.8 Å². The minimum atomic E-state index is -1.35. The van der Waals surface area contributed by atoms with Crippen molar-refractivity contribution in [2.75, 3.05) is 30.3 Å². The van der Waals surface area contributed by atoms with Gasteiger partial charge < -0.3 is 52.4 Å². The number of hydrogen-bond acceptors (Lipinski definition) is 17. The van der Waals surface area contributed by atoms with Crippen LogP contribution in [0.1, 0.15) is 12.5 Å². The molecule has 2 saturated heterocycles. The molecule has 11 N–H and O–H groups in total. The van der Waals surface area contributed by atoms with E-state index >= 15 is 0 Å². The van der Waals surface area contributed by atoms with Crippen molar-refractivity contribution in [3.05, 3.63) is 19.0 Å². The van der Waals surface area contributed by atoms with E-state index < -0.39 is 55.0 Å². The molecule has 42 heavy (non-hydrogen) atoms. The number of aliphatic hydroxyl groups excluding tert-OH is 4. The molecule has 8 atom stereocenters. The van der Waals surface area contributed by atoms with Gasteiger partial charge in [0.25, 0.3) is 0 Å². The van der Waals surface area contributed by atoms with Crippen molar-refractivity contribution in [3.8, 4) is 0 Å². The van der Waals surface area contributed by atoms with Crippen LogP contribution in [-0.2, 0) is 14.3 Å². The molecular formula is C22H28N12O7S. The predicted molar refractivity (Wildman–Crippen MR) is 144 cm³/mol. The number of fused-ring (bicyclic) bond motifs is 2. The van der Waals surface area contributed by atoms with Crippen LogP contribution in [-0.4, -0.2) is 121 Å². The topological polar surface area (TPSA) is 294 Å². The molecule has 2 fully saturated rings. The van der Waals surface area contributed by atoms with Gasteiger partial charge in [0.1, 0.15) is 54.8 Å². The van der Waals surface area contributed by atoms with Gasteiger partial charge in [0.15, 0.2) is 46.1 Å². The van der Waals surface area contributed by atoms with E-state index in [1.165, 1.54) is 28.1 Å². The number of thioether (sulfide) groups is 1. The van der Waals surface area contributed by atoms with Crippen molar-refractivity contribution >= 4 is 51.6 Å². The first-order valence-electron chi connectivity index (χ1n) is 12.7.